The lowest BCUT2D eigenvalue weighted by Crippen LogP contribution is -2.20. The lowest BCUT2D eigenvalue weighted by molar-refractivity contribution is 0.525. The quantitative estimate of drug-likeness (QED) is 0.757. The monoisotopic (exact) mass is 318 g/mol. The highest BCUT2D eigenvalue weighted by atomic mass is 32.1. The molecule has 0 spiro atoms. The van der Waals surface area contributed by atoms with E-state index < -0.39 is 0 Å². The second kappa shape index (κ2) is 4.96. The average Bonchev–Trinajstić information content (AvgIpc) is 3.21. The Kier molecular flexibility index (Phi) is 3.05. The Labute approximate surface area is 129 Å². The van der Waals surface area contributed by atoms with E-state index in [-0.39, 0.29) is 17.5 Å². The van der Waals surface area contributed by atoms with Gasteiger partial charge < -0.3 is 9.73 Å². The van der Waals surface area contributed by atoms with Gasteiger partial charge in [-0.25, -0.2) is 9.97 Å². The predicted molar refractivity (Wildman–Crippen MR) is 80.7 cm³/mol. The van der Waals surface area contributed by atoms with Crippen molar-refractivity contribution in [3.8, 4) is 11.7 Å². The number of thiazole rings is 1. The normalized spacial score (nSPS) is 18.4. The van der Waals surface area contributed by atoms with Crippen LogP contribution in [0, 0.1) is 6.92 Å². The van der Waals surface area contributed by atoms with E-state index in [4.69, 9.17) is 4.42 Å². The van der Waals surface area contributed by atoms with E-state index >= 15 is 0 Å². The van der Waals surface area contributed by atoms with Crippen LogP contribution in [0.3, 0.4) is 0 Å². The molecule has 1 aliphatic heterocycles. The van der Waals surface area contributed by atoms with Gasteiger partial charge in [0.2, 0.25) is 11.7 Å². The van der Waals surface area contributed by atoms with Gasteiger partial charge in [-0.05, 0) is 19.4 Å². The maximum atomic E-state index is 12.5. The van der Waals surface area contributed by atoms with Gasteiger partial charge >= 0.3 is 0 Å². The first-order chi connectivity index (χ1) is 10.6. The van der Waals surface area contributed by atoms with Gasteiger partial charge in [0.1, 0.15) is 5.01 Å². The van der Waals surface area contributed by atoms with Crippen LogP contribution in [0.5, 0.6) is 0 Å². The van der Waals surface area contributed by atoms with Crippen molar-refractivity contribution < 1.29 is 4.42 Å². The molecule has 0 radical (unpaired) electrons. The summed E-state index contributed by atoms with van der Waals surface area (Å²) in [5, 5.41) is 12.0. The van der Waals surface area contributed by atoms with Gasteiger partial charge in [0.15, 0.2) is 10.3 Å². The zero-order chi connectivity index (χ0) is 15.3. The maximum Gasteiger partial charge on any atom is 0.284 e. The molecular weight excluding hydrogens is 304 g/mol. The van der Waals surface area contributed by atoms with Gasteiger partial charge in [-0.15, -0.1) is 10.2 Å². The highest BCUT2D eigenvalue weighted by Crippen LogP contribution is 2.29. The molecule has 0 bridgehead atoms. The summed E-state index contributed by atoms with van der Waals surface area (Å²) >= 11 is 1.45. The molecule has 0 amide bonds. The second-order valence-corrected chi connectivity index (χ2v) is 6.29. The Hall–Kier alpha value is -2.13. The van der Waals surface area contributed by atoms with E-state index in [2.05, 4.69) is 25.5 Å². The molecule has 1 saturated heterocycles. The van der Waals surface area contributed by atoms with Crippen LogP contribution >= 0.6 is 11.3 Å². The molecule has 3 aromatic rings. The standard InChI is InChI=1S/C13H14N6O2S/c1-6-17-18-10(21-6)9-16-12-8(13(20)19(9)2)15-11(22-12)7-4-3-5-14-7/h7,14H,3-5H2,1-2H3. The summed E-state index contributed by atoms with van der Waals surface area (Å²) in [6.45, 7) is 2.68. The molecule has 1 N–H and O–H groups in total. The van der Waals surface area contributed by atoms with Gasteiger partial charge in [0.05, 0.1) is 6.04 Å². The minimum absolute atomic E-state index is 0.198. The summed E-state index contributed by atoms with van der Waals surface area (Å²) in [4.78, 5) is 22.1. The first kappa shape index (κ1) is 13.5. The number of fused-ring (bicyclic) bond motifs is 1. The van der Waals surface area contributed by atoms with Crippen LogP contribution in [0.15, 0.2) is 9.21 Å². The number of hydrogen-bond donors (Lipinski definition) is 1. The Morgan fingerprint density at radius 1 is 1.36 bits per heavy atom. The van der Waals surface area contributed by atoms with Gasteiger partial charge in [0, 0.05) is 14.0 Å². The van der Waals surface area contributed by atoms with Crippen LogP contribution < -0.4 is 10.9 Å². The summed E-state index contributed by atoms with van der Waals surface area (Å²) < 4.78 is 6.79. The summed E-state index contributed by atoms with van der Waals surface area (Å²) in [6, 6.07) is 0.220. The van der Waals surface area contributed by atoms with E-state index in [0.717, 1.165) is 24.4 Å². The molecule has 4 rings (SSSR count). The van der Waals surface area contributed by atoms with Crippen molar-refractivity contribution in [2.24, 2.45) is 7.05 Å². The minimum atomic E-state index is -0.198. The molecule has 22 heavy (non-hydrogen) atoms. The molecule has 1 unspecified atom stereocenters. The van der Waals surface area contributed by atoms with Crippen molar-refractivity contribution in [3.63, 3.8) is 0 Å². The van der Waals surface area contributed by atoms with Crippen molar-refractivity contribution in [1.29, 1.82) is 0 Å². The SMILES string of the molecule is Cc1nnc(-c2nc3sc(C4CCCN4)nc3c(=O)n2C)o1. The largest absolute Gasteiger partial charge is 0.419 e. The predicted octanol–water partition coefficient (Wildman–Crippen LogP) is 1.17. The summed E-state index contributed by atoms with van der Waals surface area (Å²) in [5.41, 5.74) is 0.201. The van der Waals surface area contributed by atoms with E-state index in [1.165, 1.54) is 15.9 Å². The molecule has 9 heteroatoms. The summed E-state index contributed by atoms with van der Waals surface area (Å²) in [5.74, 6) is 1.05. The van der Waals surface area contributed by atoms with E-state index in [1.54, 1.807) is 14.0 Å². The third-order valence-corrected chi connectivity index (χ3v) is 4.80. The summed E-state index contributed by atoms with van der Waals surface area (Å²) in [7, 11) is 1.64. The summed E-state index contributed by atoms with van der Waals surface area (Å²) in [6.07, 6.45) is 2.16. The van der Waals surface area contributed by atoms with Crippen molar-refractivity contribution in [2.45, 2.75) is 25.8 Å². The second-order valence-electron chi connectivity index (χ2n) is 5.28. The van der Waals surface area contributed by atoms with E-state index in [0.29, 0.717) is 22.1 Å². The highest BCUT2D eigenvalue weighted by Gasteiger charge is 2.23. The van der Waals surface area contributed by atoms with Gasteiger partial charge in [-0.1, -0.05) is 11.3 Å². The molecule has 0 aliphatic carbocycles. The van der Waals surface area contributed by atoms with Crippen LogP contribution in [0.25, 0.3) is 22.1 Å². The fourth-order valence-electron chi connectivity index (χ4n) is 2.59. The lowest BCUT2D eigenvalue weighted by Gasteiger charge is -2.03. The zero-order valence-corrected chi connectivity index (χ0v) is 13.0. The van der Waals surface area contributed by atoms with Crippen LogP contribution in [0.2, 0.25) is 0 Å². The average molecular weight is 318 g/mol. The lowest BCUT2D eigenvalue weighted by atomic mass is 10.2. The zero-order valence-electron chi connectivity index (χ0n) is 12.2. The van der Waals surface area contributed by atoms with Crippen LogP contribution in [-0.4, -0.2) is 31.3 Å². The molecule has 1 fully saturated rings. The third kappa shape index (κ3) is 2.04. The van der Waals surface area contributed by atoms with Crippen LogP contribution in [0.1, 0.15) is 29.8 Å². The number of aromatic nitrogens is 5. The smallest absolute Gasteiger partial charge is 0.284 e. The maximum absolute atomic E-state index is 12.5. The molecule has 0 aromatic carbocycles. The molecule has 4 heterocycles. The van der Waals surface area contributed by atoms with Crippen molar-refractivity contribution in [2.75, 3.05) is 6.54 Å². The molecule has 8 nitrogen and oxygen atoms in total. The fraction of sp³-hybridized carbons (Fsp3) is 0.462. The van der Waals surface area contributed by atoms with Crippen molar-refractivity contribution in [1.82, 2.24) is 30.0 Å². The number of nitrogens with zero attached hydrogens (tertiary/aromatic N) is 5. The third-order valence-electron chi connectivity index (χ3n) is 3.73. The Bertz CT molecular complexity index is 905. The molecule has 114 valence electrons. The Morgan fingerprint density at radius 3 is 2.91 bits per heavy atom. The Balaban J connectivity index is 1.89. The van der Waals surface area contributed by atoms with Crippen LogP contribution in [-0.2, 0) is 7.05 Å². The number of hydrogen-bond acceptors (Lipinski definition) is 8. The molecule has 1 atom stereocenters. The fourth-order valence-corrected chi connectivity index (χ4v) is 3.63. The molecule has 1 aliphatic rings. The first-order valence-electron chi connectivity index (χ1n) is 7.05. The van der Waals surface area contributed by atoms with Gasteiger partial charge in [-0.2, -0.15) is 0 Å². The Morgan fingerprint density at radius 2 is 2.23 bits per heavy atom. The highest BCUT2D eigenvalue weighted by molar-refractivity contribution is 7.18. The van der Waals surface area contributed by atoms with Gasteiger partial charge in [0.25, 0.3) is 11.4 Å². The van der Waals surface area contributed by atoms with Crippen molar-refractivity contribution >= 4 is 21.7 Å². The molecule has 0 saturated carbocycles. The minimum Gasteiger partial charge on any atom is -0.419 e. The molecular formula is C13H14N6O2S. The number of nitrogens with one attached hydrogen (secondary N) is 1. The van der Waals surface area contributed by atoms with E-state index in [1.807, 2.05) is 0 Å². The topological polar surface area (TPSA) is 98.7 Å². The van der Waals surface area contributed by atoms with Crippen LogP contribution in [0.4, 0.5) is 0 Å². The first-order valence-corrected chi connectivity index (χ1v) is 7.86. The number of aryl methyl sites for hydroxylation is 1. The number of rotatable bonds is 2. The van der Waals surface area contributed by atoms with Crippen molar-refractivity contribution in [3.05, 3.63) is 21.3 Å². The molecule has 3 aromatic heterocycles. The van der Waals surface area contributed by atoms with E-state index in [9.17, 15) is 4.79 Å². The van der Waals surface area contributed by atoms with Gasteiger partial charge in [-0.3, -0.25) is 9.36 Å².